The maximum Gasteiger partial charge on any atom is 0.306 e. The molecule has 1 aliphatic rings. The van der Waals surface area contributed by atoms with E-state index in [-0.39, 0.29) is 19.4 Å². The molecule has 0 aromatic rings. The zero-order valence-corrected chi connectivity index (χ0v) is 36.2. The van der Waals surface area contributed by atoms with E-state index in [1.54, 1.807) is 0 Å². The number of aliphatic hydroxyl groups is 3. The Morgan fingerprint density at radius 1 is 0.603 bits per heavy atom. The first-order valence-electron chi connectivity index (χ1n) is 21.8. The lowest BCUT2D eigenvalue weighted by atomic mass is 10.00. The number of carbonyl (C=O) groups is 2. The Balaban J connectivity index is 2.51. The predicted molar refractivity (Wildman–Crippen MR) is 229 cm³/mol. The van der Waals surface area contributed by atoms with Crippen LogP contribution in [0.4, 0.5) is 0 Å². The topological polar surface area (TPSA) is 186 Å². The number of esters is 2. The summed E-state index contributed by atoms with van der Waals surface area (Å²) in [5, 5.41) is 30.8. The summed E-state index contributed by atoms with van der Waals surface area (Å²) in [4.78, 5) is 25.3. The number of ether oxygens (including phenoxy) is 4. The van der Waals surface area contributed by atoms with E-state index in [9.17, 15) is 37.9 Å². The van der Waals surface area contributed by atoms with E-state index in [1.807, 2.05) is 12.2 Å². The van der Waals surface area contributed by atoms with E-state index >= 15 is 0 Å². The molecule has 1 aliphatic heterocycles. The second-order valence-corrected chi connectivity index (χ2v) is 16.5. The van der Waals surface area contributed by atoms with Crippen molar-refractivity contribution in [3.8, 4) is 0 Å². The van der Waals surface area contributed by atoms with Gasteiger partial charge in [-0.25, -0.2) is 0 Å². The van der Waals surface area contributed by atoms with Crippen LogP contribution in [0.2, 0.25) is 0 Å². The lowest BCUT2D eigenvalue weighted by Crippen LogP contribution is -2.60. The van der Waals surface area contributed by atoms with Crippen molar-refractivity contribution in [1.29, 1.82) is 0 Å². The van der Waals surface area contributed by atoms with Gasteiger partial charge in [-0.1, -0.05) is 152 Å². The monoisotopic (exact) mass is 841 g/mol. The fourth-order valence-electron chi connectivity index (χ4n) is 6.24. The molecule has 13 heteroatoms. The molecule has 1 heterocycles. The summed E-state index contributed by atoms with van der Waals surface area (Å²) in [6.07, 6.45) is 32.7. The van der Waals surface area contributed by atoms with Crippen molar-refractivity contribution in [2.75, 3.05) is 19.0 Å². The molecule has 6 atom stereocenters. The third-order valence-electron chi connectivity index (χ3n) is 9.61. The SMILES string of the molecule is CC/C=C/C/C=C/C/C=C/C/C=C/C/C=C/CCCC(=O)OC[C@H](CO[C@H]1O[C@H](CS(=O)(=O)O)[C@@H](O)[C@H](O)[C@H]1O)OC(=O)CCCCCCCCCCCCCCC. The molecule has 1 rings (SSSR count). The van der Waals surface area contributed by atoms with E-state index in [1.165, 1.54) is 57.8 Å². The highest BCUT2D eigenvalue weighted by Gasteiger charge is 2.46. The maximum absolute atomic E-state index is 12.8. The number of allylic oxidation sites excluding steroid dienone is 10. The second kappa shape index (κ2) is 35.1. The summed E-state index contributed by atoms with van der Waals surface area (Å²) in [6.45, 7) is 3.58. The first-order valence-corrected chi connectivity index (χ1v) is 23.5. The van der Waals surface area contributed by atoms with E-state index in [0.717, 1.165) is 51.4 Å². The number of rotatable bonds is 35. The molecule has 0 radical (unpaired) electrons. The zero-order chi connectivity index (χ0) is 42.7. The molecule has 334 valence electrons. The van der Waals surface area contributed by atoms with Crippen LogP contribution in [0.3, 0.4) is 0 Å². The number of carbonyl (C=O) groups excluding carboxylic acids is 2. The van der Waals surface area contributed by atoms with Crippen molar-refractivity contribution in [1.82, 2.24) is 0 Å². The Bertz CT molecular complexity index is 1310. The minimum absolute atomic E-state index is 0.140. The largest absolute Gasteiger partial charge is 0.462 e. The third-order valence-corrected chi connectivity index (χ3v) is 10.4. The quantitative estimate of drug-likeness (QED) is 0.0207. The van der Waals surface area contributed by atoms with Gasteiger partial charge in [0.05, 0.1) is 6.61 Å². The number of aliphatic hydroxyl groups excluding tert-OH is 3. The molecule has 0 bridgehead atoms. The molecule has 58 heavy (non-hydrogen) atoms. The van der Waals surface area contributed by atoms with Gasteiger partial charge in [-0.15, -0.1) is 0 Å². The van der Waals surface area contributed by atoms with Gasteiger partial charge in [-0.2, -0.15) is 8.42 Å². The van der Waals surface area contributed by atoms with Crippen LogP contribution in [0.25, 0.3) is 0 Å². The van der Waals surface area contributed by atoms with Crippen molar-refractivity contribution < 1.29 is 56.8 Å². The van der Waals surface area contributed by atoms with Gasteiger partial charge in [-0.05, 0) is 51.4 Å². The van der Waals surface area contributed by atoms with Gasteiger partial charge in [0, 0.05) is 12.8 Å². The van der Waals surface area contributed by atoms with Crippen LogP contribution in [0.5, 0.6) is 0 Å². The van der Waals surface area contributed by atoms with Crippen molar-refractivity contribution >= 4 is 22.1 Å². The molecule has 4 N–H and O–H groups in total. The van der Waals surface area contributed by atoms with Crippen molar-refractivity contribution in [3.63, 3.8) is 0 Å². The first kappa shape index (κ1) is 53.4. The molecule has 0 aliphatic carbocycles. The molecule has 0 unspecified atom stereocenters. The standard InChI is InChI=1S/C45H76O12S/c1-3-5-7-9-11-13-15-17-18-19-20-22-23-25-27-29-31-33-40(46)54-35-38(36-55-45-44(50)43(49)42(48)39(57-45)37-58(51,52)53)56-41(47)34-32-30-28-26-24-21-16-14-12-10-8-6-4-2/h5,7,11,13,17-18,20,22,25,27,38-39,42-45,48-50H,3-4,6,8-10,12,14-16,19,21,23-24,26,28-37H2,1-2H3,(H,51,52,53)/b7-5+,13-11+,18-17+,22-20+,27-25+/t38-,39-,42-,43+,44-,45+/m1/s1. The van der Waals surface area contributed by atoms with Crippen molar-refractivity contribution in [3.05, 3.63) is 60.8 Å². The first-order chi connectivity index (χ1) is 28.0. The van der Waals surface area contributed by atoms with Crippen LogP contribution in [0, 0.1) is 0 Å². The molecule has 0 saturated carbocycles. The van der Waals surface area contributed by atoms with Crippen LogP contribution in [-0.2, 0) is 38.7 Å². The highest BCUT2D eigenvalue weighted by Crippen LogP contribution is 2.24. The Labute approximate surface area is 349 Å². The summed E-state index contributed by atoms with van der Waals surface area (Å²) in [6, 6.07) is 0. The molecular formula is C45H76O12S. The van der Waals surface area contributed by atoms with E-state index in [0.29, 0.717) is 19.3 Å². The van der Waals surface area contributed by atoms with Gasteiger partial charge in [0.15, 0.2) is 12.4 Å². The molecule has 0 amide bonds. The lowest BCUT2D eigenvalue weighted by Gasteiger charge is -2.40. The summed E-state index contributed by atoms with van der Waals surface area (Å²) in [5.41, 5.74) is 0. The maximum atomic E-state index is 12.8. The average molecular weight is 841 g/mol. The average Bonchev–Trinajstić information content (AvgIpc) is 3.18. The summed E-state index contributed by atoms with van der Waals surface area (Å²) in [5.74, 6) is -2.06. The molecule has 0 aromatic heterocycles. The Morgan fingerprint density at radius 2 is 1.09 bits per heavy atom. The third kappa shape index (κ3) is 29.5. The number of hydrogen-bond acceptors (Lipinski definition) is 11. The van der Waals surface area contributed by atoms with Crippen LogP contribution < -0.4 is 0 Å². The van der Waals surface area contributed by atoms with Crippen LogP contribution in [0.1, 0.15) is 155 Å². The number of unbranched alkanes of at least 4 members (excludes halogenated alkanes) is 13. The van der Waals surface area contributed by atoms with E-state index < -0.39 is 71.2 Å². The predicted octanol–water partition coefficient (Wildman–Crippen LogP) is 8.56. The second-order valence-electron chi connectivity index (χ2n) is 15.0. The summed E-state index contributed by atoms with van der Waals surface area (Å²) >= 11 is 0. The fraction of sp³-hybridized carbons (Fsp3) is 0.733. The highest BCUT2D eigenvalue weighted by atomic mass is 32.2. The van der Waals surface area contributed by atoms with E-state index in [4.69, 9.17) is 18.9 Å². The van der Waals surface area contributed by atoms with Crippen molar-refractivity contribution in [2.24, 2.45) is 0 Å². The Kier molecular flexibility index (Phi) is 32.3. The van der Waals surface area contributed by atoms with Gasteiger partial charge >= 0.3 is 11.9 Å². The van der Waals surface area contributed by atoms with Gasteiger partial charge < -0.3 is 34.3 Å². The minimum atomic E-state index is -4.61. The van der Waals surface area contributed by atoms with Gasteiger partial charge in [-0.3, -0.25) is 14.1 Å². The van der Waals surface area contributed by atoms with Gasteiger partial charge in [0.2, 0.25) is 0 Å². The highest BCUT2D eigenvalue weighted by molar-refractivity contribution is 7.85. The van der Waals surface area contributed by atoms with E-state index in [2.05, 4.69) is 62.5 Å². The molecule has 0 aromatic carbocycles. The Hall–Kier alpha value is -2.65. The van der Waals surface area contributed by atoms with Crippen LogP contribution >= 0.6 is 0 Å². The summed E-state index contributed by atoms with van der Waals surface area (Å²) in [7, 11) is -4.61. The molecule has 1 saturated heterocycles. The molecule has 0 spiro atoms. The normalized spacial score (nSPS) is 21.0. The molecular weight excluding hydrogens is 765 g/mol. The zero-order valence-electron chi connectivity index (χ0n) is 35.4. The molecule has 1 fully saturated rings. The Morgan fingerprint density at radius 3 is 1.60 bits per heavy atom. The smallest absolute Gasteiger partial charge is 0.306 e. The van der Waals surface area contributed by atoms with Gasteiger partial charge in [0.1, 0.15) is 36.8 Å². The summed E-state index contributed by atoms with van der Waals surface area (Å²) < 4.78 is 53.9. The fourth-order valence-corrected chi connectivity index (χ4v) is 6.93. The van der Waals surface area contributed by atoms with Crippen molar-refractivity contribution in [2.45, 2.75) is 192 Å². The molecule has 12 nitrogen and oxygen atoms in total. The van der Waals surface area contributed by atoms with Crippen LogP contribution in [0.15, 0.2) is 60.8 Å². The van der Waals surface area contributed by atoms with Gasteiger partial charge in [0.25, 0.3) is 10.1 Å². The lowest BCUT2D eigenvalue weighted by molar-refractivity contribution is -0.297. The number of hydrogen-bond donors (Lipinski definition) is 4. The minimum Gasteiger partial charge on any atom is -0.462 e. The van der Waals surface area contributed by atoms with Crippen LogP contribution in [-0.4, -0.2) is 96.0 Å².